The van der Waals surface area contributed by atoms with Crippen LogP contribution in [0.4, 0.5) is 5.69 Å². The number of thioether (sulfide) groups is 1. The lowest BCUT2D eigenvalue weighted by Crippen LogP contribution is -2.44. The Morgan fingerprint density at radius 1 is 1.31 bits per heavy atom. The summed E-state index contributed by atoms with van der Waals surface area (Å²) in [6.07, 6.45) is 1.64. The number of ether oxygens (including phenoxy) is 1. The van der Waals surface area contributed by atoms with Gasteiger partial charge < -0.3 is 15.2 Å². The molecular formula is C20H17ClN2O4S2. The zero-order chi connectivity index (χ0) is 21.1. The van der Waals surface area contributed by atoms with Crippen LogP contribution in [0.25, 0.3) is 6.08 Å². The molecule has 1 saturated heterocycles. The van der Waals surface area contributed by atoms with Crippen molar-refractivity contribution >= 4 is 63.5 Å². The summed E-state index contributed by atoms with van der Waals surface area (Å²) in [5.41, 5.74) is 1.24. The minimum atomic E-state index is -0.793. The van der Waals surface area contributed by atoms with E-state index in [0.717, 1.165) is 11.8 Å². The predicted molar refractivity (Wildman–Crippen MR) is 119 cm³/mol. The Hall–Kier alpha value is -2.55. The van der Waals surface area contributed by atoms with Gasteiger partial charge in [0.15, 0.2) is 11.5 Å². The first-order valence-electron chi connectivity index (χ1n) is 8.50. The van der Waals surface area contributed by atoms with Crippen molar-refractivity contribution in [3.05, 3.63) is 58.0 Å². The van der Waals surface area contributed by atoms with Crippen LogP contribution in [0.5, 0.6) is 11.5 Å². The summed E-state index contributed by atoms with van der Waals surface area (Å²) in [5, 5.41) is 13.0. The maximum atomic E-state index is 12.9. The van der Waals surface area contributed by atoms with Gasteiger partial charge in [0.1, 0.15) is 10.4 Å². The average Bonchev–Trinajstić information content (AvgIpc) is 2.97. The molecule has 0 aliphatic carbocycles. The summed E-state index contributed by atoms with van der Waals surface area (Å²) in [5.74, 6) is -0.420. The molecule has 1 atom stereocenters. The van der Waals surface area contributed by atoms with Crippen LogP contribution in [0.1, 0.15) is 12.5 Å². The second kappa shape index (κ2) is 8.86. The van der Waals surface area contributed by atoms with E-state index in [-0.39, 0.29) is 17.6 Å². The van der Waals surface area contributed by atoms with Gasteiger partial charge in [0.05, 0.1) is 12.0 Å². The number of thiocarbonyl (C=S) groups is 1. The maximum absolute atomic E-state index is 12.9. The van der Waals surface area contributed by atoms with Crippen LogP contribution in [0.2, 0.25) is 5.02 Å². The Labute approximate surface area is 182 Å². The van der Waals surface area contributed by atoms with Crippen molar-refractivity contribution in [3.63, 3.8) is 0 Å². The number of anilines is 1. The van der Waals surface area contributed by atoms with Gasteiger partial charge in [-0.25, -0.2) is 0 Å². The summed E-state index contributed by atoms with van der Waals surface area (Å²) in [7, 11) is 1.44. The topological polar surface area (TPSA) is 78.9 Å². The van der Waals surface area contributed by atoms with E-state index in [4.69, 9.17) is 28.6 Å². The van der Waals surface area contributed by atoms with Gasteiger partial charge in [0, 0.05) is 10.7 Å². The summed E-state index contributed by atoms with van der Waals surface area (Å²) >= 11 is 12.3. The molecule has 1 aliphatic rings. The largest absolute Gasteiger partial charge is 0.504 e. The number of hydrogen-bond acceptors (Lipinski definition) is 6. The van der Waals surface area contributed by atoms with Gasteiger partial charge >= 0.3 is 0 Å². The van der Waals surface area contributed by atoms with E-state index < -0.39 is 6.04 Å². The highest BCUT2D eigenvalue weighted by atomic mass is 35.5. The number of hydrogen-bond donors (Lipinski definition) is 2. The van der Waals surface area contributed by atoms with Crippen molar-refractivity contribution in [2.45, 2.75) is 13.0 Å². The number of amides is 2. The van der Waals surface area contributed by atoms with Gasteiger partial charge in [0.2, 0.25) is 5.91 Å². The fourth-order valence-electron chi connectivity index (χ4n) is 2.65. The van der Waals surface area contributed by atoms with E-state index in [9.17, 15) is 14.7 Å². The lowest BCUT2D eigenvalue weighted by Gasteiger charge is -2.22. The van der Waals surface area contributed by atoms with Gasteiger partial charge in [-0.05, 0) is 55.0 Å². The van der Waals surface area contributed by atoms with E-state index in [0.29, 0.717) is 31.2 Å². The Morgan fingerprint density at radius 2 is 2.00 bits per heavy atom. The van der Waals surface area contributed by atoms with E-state index in [2.05, 4.69) is 5.32 Å². The highest BCUT2D eigenvalue weighted by molar-refractivity contribution is 8.26. The van der Waals surface area contributed by atoms with Gasteiger partial charge in [-0.1, -0.05) is 41.6 Å². The standard InChI is InChI=1S/C20H17ClN2O4S2/c1-11(18(25)22-14-6-4-13(21)5-7-14)23-19(26)17(29-20(23)28)10-12-3-8-15(24)16(9-12)27-2/h3-11,24H,1-2H3,(H,22,25)/b17-10-. The summed E-state index contributed by atoms with van der Waals surface area (Å²) in [4.78, 5) is 27.1. The normalized spacial score (nSPS) is 16.2. The van der Waals surface area contributed by atoms with Crippen molar-refractivity contribution in [1.29, 1.82) is 0 Å². The lowest BCUT2D eigenvalue weighted by molar-refractivity contribution is -0.129. The molecule has 2 aromatic carbocycles. The molecule has 150 valence electrons. The molecule has 1 fully saturated rings. The van der Waals surface area contributed by atoms with E-state index in [1.807, 2.05) is 0 Å². The molecule has 2 aromatic rings. The molecule has 0 spiro atoms. The number of halogens is 1. The minimum absolute atomic E-state index is 0.00434. The molecule has 1 heterocycles. The monoisotopic (exact) mass is 448 g/mol. The zero-order valence-electron chi connectivity index (χ0n) is 15.5. The van der Waals surface area contributed by atoms with Crippen LogP contribution < -0.4 is 10.1 Å². The maximum Gasteiger partial charge on any atom is 0.266 e. The van der Waals surface area contributed by atoms with E-state index in [1.165, 1.54) is 18.1 Å². The third-order valence-corrected chi connectivity index (χ3v) is 5.79. The number of rotatable bonds is 5. The average molecular weight is 449 g/mol. The molecule has 1 aliphatic heterocycles. The molecule has 2 amide bonds. The Balaban J connectivity index is 1.77. The van der Waals surface area contributed by atoms with Crippen LogP contribution in [0.3, 0.4) is 0 Å². The van der Waals surface area contributed by atoms with Gasteiger partial charge in [-0.3, -0.25) is 14.5 Å². The molecular weight excluding hydrogens is 432 g/mol. The number of methoxy groups -OCH3 is 1. The van der Waals surface area contributed by atoms with Crippen molar-refractivity contribution in [1.82, 2.24) is 4.90 Å². The number of carbonyl (C=O) groups is 2. The number of phenols is 1. The third kappa shape index (κ3) is 4.72. The van der Waals surface area contributed by atoms with E-state index in [1.54, 1.807) is 49.4 Å². The SMILES string of the molecule is COc1cc(/C=C2\SC(=S)N(C(C)C(=O)Nc3ccc(Cl)cc3)C2=O)ccc1O. The summed E-state index contributed by atoms with van der Waals surface area (Å²) in [6, 6.07) is 10.6. The second-order valence-electron chi connectivity index (χ2n) is 6.16. The van der Waals surface area contributed by atoms with E-state index >= 15 is 0 Å². The molecule has 6 nitrogen and oxygen atoms in total. The third-order valence-electron chi connectivity index (χ3n) is 4.20. The van der Waals surface area contributed by atoms with Crippen LogP contribution in [0.15, 0.2) is 47.4 Å². The molecule has 0 radical (unpaired) electrons. The molecule has 0 aromatic heterocycles. The lowest BCUT2D eigenvalue weighted by atomic mass is 10.1. The molecule has 1 unspecified atom stereocenters. The van der Waals surface area contributed by atoms with Crippen molar-refractivity contribution < 1.29 is 19.4 Å². The number of benzene rings is 2. The summed E-state index contributed by atoms with van der Waals surface area (Å²) < 4.78 is 5.38. The van der Waals surface area contributed by atoms with Crippen LogP contribution in [0, 0.1) is 0 Å². The fourth-order valence-corrected chi connectivity index (χ4v) is 4.19. The first kappa shape index (κ1) is 21.2. The zero-order valence-corrected chi connectivity index (χ0v) is 17.9. The van der Waals surface area contributed by atoms with Crippen molar-refractivity contribution in [3.8, 4) is 11.5 Å². The van der Waals surface area contributed by atoms with Crippen molar-refractivity contribution in [2.24, 2.45) is 0 Å². The highest BCUT2D eigenvalue weighted by Crippen LogP contribution is 2.35. The van der Waals surface area contributed by atoms with Gasteiger partial charge in [-0.2, -0.15) is 0 Å². The number of aromatic hydroxyl groups is 1. The first-order chi connectivity index (χ1) is 13.8. The fraction of sp³-hybridized carbons (Fsp3) is 0.150. The number of nitrogens with one attached hydrogen (secondary N) is 1. The van der Waals surface area contributed by atoms with Gasteiger partial charge in [0.25, 0.3) is 5.91 Å². The van der Waals surface area contributed by atoms with Crippen LogP contribution in [-0.4, -0.2) is 39.3 Å². The van der Waals surface area contributed by atoms with Crippen LogP contribution >= 0.6 is 35.6 Å². The second-order valence-corrected chi connectivity index (χ2v) is 8.27. The Bertz CT molecular complexity index is 1010. The van der Waals surface area contributed by atoms with Crippen molar-refractivity contribution in [2.75, 3.05) is 12.4 Å². The quantitative estimate of drug-likeness (QED) is 0.525. The van der Waals surface area contributed by atoms with Crippen LogP contribution in [-0.2, 0) is 9.59 Å². The summed E-state index contributed by atoms with van der Waals surface area (Å²) in [6.45, 7) is 1.61. The first-order valence-corrected chi connectivity index (χ1v) is 10.1. The highest BCUT2D eigenvalue weighted by Gasteiger charge is 2.38. The molecule has 0 bridgehead atoms. The smallest absolute Gasteiger partial charge is 0.266 e. The number of nitrogens with zero attached hydrogens (tertiary/aromatic N) is 1. The molecule has 29 heavy (non-hydrogen) atoms. The number of phenolic OH excluding ortho intramolecular Hbond substituents is 1. The van der Waals surface area contributed by atoms with Gasteiger partial charge in [-0.15, -0.1) is 0 Å². The minimum Gasteiger partial charge on any atom is -0.504 e. The molecule has 3 rings (SSSR count). The Kier molecular flexibility index (Phi) is 6.46. The predicted octanol–water partition coefficient (Wildman–Crippen LogP) is 4.28. The molecule has 2 N–H and O–H groups in total. The number of carbonyl (C=O) groups excluding carboxylic acids is 2. The Morgan fingerprint density at radius 3 is 2.66 bits per heavy atom. The molecule has 0 saturated carbocycles. The molecule has 9 heteroatoms.